The molecule has 0 aliphatic rings. The second-order valence-corrected chi connectivity index (χ2v) is 10.8. The van der Waals surface area contributed by atoms with E-state index < -0.39 is 5.01 Å². The monoisotopic (exact) mass is 330 g/mol. The minimum absolute atomic E-state index is 0.0945. The van der Waals surface area contributed by atoms with E-state index in [4.69, 9.17) is 9.63 Å². The highest BCUT2D eigenvalue weighted by molar-refractivity contribution is 14.2. The van der Waals surface area contributed by atoms with Gasteiger partial charge in [0.1, 0.15) is 0 Å². The van der Waals surface area contributed by atoms with Crippen molar-refractivity contribution < 1.29 is 14.2 Å². The van der Waals surface area contributed by atoms with Crippen LogP contribution in [0.5, 0.6) is 0 Å². The lowest BCUT2D eigenvalue weighted by Gasteiger charge is -2.26. The van der Waals surface area contributed by atoms with Gasteiger partial charge in [0.15, 0.2) is 0 Å². The summed E-state index contributed by atoms with van der Waals surface area (Å²) in [5, 5.41) is 6.02. The summed E-state index contributed by atoms with van der Waals surface area (Å²) >= 11 is 1.90. The molecule has 0 aromatic heterocycles. The van der Waals surface area contributed by atoms with Gasteiger partial charge in [-0.3, -0.25) is 4.57 Å². The maximum Gasteiger partial charge on any atom is 0.264 e. The smallest absolute Gasteiger partial charge is 0.264 e. The van der Waals surface area contributed by atoms with Crippen LogP contribution in [0.1, 0.15) is 20.8 Å². The summed E-state index contributed by atoms with van der Waals surface area (Å²) in [5.74, 6) is 0.0976. The maximum atomic E-state index is 12.1. The lowest BCUT2D eigenvalue weighted by molar-refractivity contribution is 0.235. The van der Waals surface area contributed by atoms with Crippen molar-refractivity contribution in [1.29, 1.82) is 0 Å². The fraction of sp³-hybridized carbons (Fsp3) is 1.00. The molecule has 0 fully saturated rings. The van der Waals surface area contributed by atoms with Crippen LogP contribution >= 0.6 is 27.1 Å². The Balaban J connectivity index is 4.19. The van der Waals surface area contributed by atoms with Gasteiger partial charge >= 0.3 is 0 Å². The molecule has 0 rings (SSSR count). The van der Waals surface area contributed by atoms with Gasteiger partial charge in [-0.25, -0.2) is 0 Å². The third-order valence-corrected chi connectivity index (χ3v) is 9.37. The first-order valence-corrected chi connectivity index (χ1v) is 9.20. The van der Waals surface area contributed by atoms with Crippen molar-refractivity contribution in [1.82, 2.24) is 0 Å². The average molecular weight is 330 g/mol. The highest BCUT2D eigenvalue weighted by atomic mass is 127. The van der Waals surface area contributed by atoms with Gasteiger partial charge in [-0.05, 0) is 5.82 Å². The van der Waals surface area contributed by atoms with E-state index in [0.29, 0.717) is 6.61 Å². The molecule has 0 aliphatic carbocycles. The Morgan fingerprint density at radius 2 is 2.14 bits per heavy atom. The summed E-state index contributed by atoms with van der Waals surface area (Å²) in [5.41, 5.74) is 0. The molecule has 82 valence electrons. The number of hydrogen-bond acceptors (Lipinski definition) is 3. The summed E-state index contributed by atoms with van der Waals surface area (Å²) in [6.07, 6.45) is 0. The molecular weight excluding hydrogens is 312 g/mol. The van der Waals surface area contributed by atoms with E-state index in [2.05, 4.69) is 0 Å². The lowest BCUT2D eigenvalue weighted by atomic mass is 9.48. The lowest BCUT2D eigenvalue weighted by Crippen LogP contribution is -2.18. The molecule has 2 atom stereocenters. The van der Waals surface area contributed by atoms with Crippen LogP contribution in [-0.4, -0.2) is 38.4 Å². The maximum absolute atomic E-state index is 12.1. The van der Waals surface area contributed by atoms with E-state index in [-0.39, 0.29) is 17.6 Å². The highest BCUT2D eigenvalue weighted by Gasteiger charge is 2.35. The fourth-order valence-electron chi connectivity index (χ4n) is 0.695. The Morgan fingerprint density at radius 1 is 1.64 bits per heavy atom. The third-order valence-electron chi connectivity index (χ3n) is 2.11. The number of halogens is 1. The van der Waals surface area contributed by atoms with Crippen molar-refractivity contribution in [3.8, 4) is 0 Å². The average Bonchev–Trinajstić information content (AvgIpc) is 2.04. The second kappa shape index (κ2) is 5.92. The minimum atomic E-state index is -2.60. The fourth-order valence-corrected chi connectivity index (χ4v) is 1.97. The zero-order valence-electron chi connectivity index (χ0n) is 9.29. The summed E-state index contributed by atoms with van der Waals surface area (Å²) < 4.78 is 17.5. The van der Waals surface area contributed by atoms with Crippen molar-refractivity contribution in [3.63, 3.8) is 0 Å². The van der Waals surface area contributed by atoms with Crippen molar-refractivity contribution in [2.75, 3.05) is 13.2 Å². The van der Waals surface area contributed by atoms with Crippen LogP contribution in [0.2, 0.25) is 5.82 Å². The normalized spacial score (nSPS) is 18.6. The quantitative estimate of drug-likeness (QED) is 0.468. The predicted molar refractivity (Wildman–Crippen MR) is 73.9 cm³/mol. The molecule has 0 aromatic rings. The van der Waals surface area contributed by atoms with E-state index in [1.54, 1.807) is 0 Å². The largest absolute Gasteiger partial charge is 0.397 e. The summed E-state index contributed by atoms with van der Waals surface area (Å²) in [4.78, 5) is 0. The molecule has 14 heavy (non-hydrogen) atoms. The first kappa shape index (κ1) is 15.0. The van der Waals surface area contributed by atoms with Gasteiger partial charge in [-0.15, -0.1) is 0 Å². The summed E-state index contributed by atoms with van der Waals surface area (Å²) in [7, 11) is 2.83. The van der Waals surface area contributed by atoms with Gasteiger partial charge in [0.2, 0.25) is 0 Å². The summed E-state index contributed by atoms with van der Waals surface area (Å²) in [6.45, 7) is 6.18. The minimum Gasteiger partial charge on any atom is -0.397 e. The molecule has 2 unspecified atom stereocenters. The van der Waals surface area contributed by atoms with E-state index in [1.165, 1.54) is 0 Å². The van der Waals surface area contributed by atoms with Gasteiger partial charge in [-0.1, -0.05) is 20.8 Å². The molecule has 0 heterocycles. The number of rotatable bonds is 5. The van der Waals surface area contributed by atoms with Crippen LogP contribution in [0.3, 0.4) is 0 Å². The van der Waals surface area contributed by atoms with Crippen molar-refractivity contribution in [2.24, 2.45) is 0 Å². The Morgan fingerprint density at radius 3 is 2.43 bits per heavy atom. The SMILES string of the molecule is BBC(CO)COP(=O)(I)C(C)(C)C. The number of aliphatic hydroxyl groups excluding tert-OH is 1. The van der Waals surface area contributed by atoms with Gasteiger partial charge in [0.05, 0.1) is 21.5 Å². The van der Waals surface area contributed by atoms with Crippen LogP contribution in [0, 0.1) is 0 Å². The first-order valence-electron chi connectivity index (χ1n) is 4.79. The third kappa shape index (κ3) is 4.69. The van der Waals surface area contributed by atoms with E-state index >= 15 is 0 Å². The molecule has 0 bridgehead atoms. The van der Waals surface area contributed by atoms with Gasteiger partial charge in [-0.2, -0.15) is 0 Å². The van der Waals surface area contributed by atoms with Crippen molar-refractivity contribution in [2.45, 2.75) is 31.7 Å². The van der Waals surface area contributed by atoms with Crippen molar-refractivity contribution >= 4 is 42.0 Å². The Labute approximate surface area is 101 Å². The van der Waals surface area contributed by atoms with Crippen LogP contribution in [0.15, 0.2) is 0 Å². The molecule has 0 amide bonds. The van der Waals surface area contributed by atoms with Crippen molar-refractivity contribution in [3.05, 3.63) is 0 Å². The molecular formula is C7H18B2IO3P. The topological polar surface area (TPSA) is 46.5 Å². The molecule has 0 aromatic carbocycles. The second-order valence-electron chi connectivity index (χ2n) is 4.40. The Kier molecular flexibility index (Phi) is 6.35. The van der Waals surface area contributed by atoms with Gasteiger partial charge < -0.3 is 9.63 Å². The van der Waals surface area contributed by atoms with E-state index in [0.717, 1.165) is 7.17 Å². The standard InChI is InChI=1S/C7H18B2IO3P/c1-7(2,3)14(10,12)13-5-6(4-11)9-8/h6,9,11H,4-5,8H2,1-3H3. The Hall–Kier alpha value is 1.01. The summed E-state index contributed by atoms with van der Waals surface area (Å²) in [6, 6.07) is 0. The molecule has 0 aliphatic heterocycles. The van der Waals surface area contributed by atoms with Crippen LogP contribution < -0.4 is 0 Å². The zero-order valence-corrected chi connectivity index (χ0v) is 12.3. The highest BCUT2D eigenvalue weighted by Crippen LogP contribution is 2.65. The first-order chi connectivity index (χ1) is 6.24. The number of aliphatic hydroxyl groups is 1. The van der Waals surface area contributed by atoms with Crippen LogP contribution in [-0.2, 0) is 9.09 Å². The molecule has 0 spiro atoms. The Bertz CT molecular complexity index is 215. The van der Waals surface area contributed by atoms with Gasteiger partial charge in [0, 0.05) is 33.8 Å². The zero-order chi connectivity index (χ0) is 11.4. The van der Waals surface area contributed by atoms with E-state index in [1.807, 2.05) is 50.5 Å². The molecule has 3 nitrogen and oxygen atoms in total. The van der Waals surface area contributed by atoms with Crippen LogP contribution in [0.25, 0.3) is 0 Å². The molecule has 0 radical (unpaired) electrons. The van der Waals surface area contributed by atoms with Crippen LogP contribution in [0.4, 0.5) is 0 Å². The molecule has 7 heteroatoms. The predicted octanol–water partition coefficient (Wildman–Crippen LogP) is 1.19. The molecule has 1 N–H and O–H groups in total. The van der Waals surface area contributed by atoms with Gasteiger partial charge in [0.25, 0.3) is 5.01 Å². The molecule has 0 saturated carbocycles. The number of hydrogen-bond donors (Lipinski definition) is 1. The molecule has 0 saturated heterocycles. The van der Waals surface area contributed by atoms with E-state index in [9.17, 15) is 4.57 Å².